The molecule has 0 aromatic heterocycles. The number of carbonyl (C=O) groups excluding carboxylic acids is 2. The number of ether oxygens (including phenoxy) is 2. The second kappa shape index (κ2) is 8.80. The molecule has 0 aliphatic carbocycles. The fraction of sp³-hybridized carbons (Fsp3) is 0.429. The van der Waals surface area contributed by atoms with E-state index in [0.29, 0.717) is 30.4 Å². The van der Waals surface area contributed by atoms with Crippen LogP contribution in [0.25, 0.3) is 0 Å². The lowest BCUT2D eigenvalue weighted by Crippen LogP contribution is -2.36. The summed E-state index contributed by atoms with van der Waals surface area (Å²) >= 11 is 0. The third-order valence-electron chi connectivity index (χ3n) is 2.47. The van der Waals surface area contributed by atoms with Crippen molar-refractivity contribution in [1.29, 1.82) is 0 Å². The van der Waals surface area contributed by atoms with Crippen molar-refractivity contribution in [3.63, 3.8) is 0 Å². The smallest absolute Gasteiger partial charge is 0.243 e. The van der Waals surface area contributed by atoms with Crippen molar-refractivity contribution in [1.82, 2.24) is 5.32 Å². The maximum atomic E-state index is 11.8. The molecule has 0 fully saturated rings. The first-order valence-corrected chi connectivity index (χ1v) is 6.77. The van der Waals surface area contributed by atoms with Gasteiger partial charge in [-0.15, -0.1) is 0 Å². The van der Waals surface area contributed by atoms with Crippen LogP contribution in [-0.4, -0.2) is 38.1 Å². The molecular formula is C14H21N3O4. The number of rotatable bonds is 8. The number of amides is 2. The molecule has 0 unspecified atom stereocenters. The van der Waals surface area contributed by atoms with Crippen molar-refractivity contribution in [2.75, 3.05) is 31.6 Å². The average Bonchev–Trinajstić information content (AvgIpc) is 2.48. The molecule has 4 N–H and O–H groups in total. The number of anilines is 1. The fourth-order valence-corrected chi connectivity index (χ4v) is 1.59. The summed E-state index contributed by atoms with van der Waals surface area (Å²) in [6.07, 6.45) is 0. The summed E-state index contributed by atoms with van der Waals surface area (Å²) in [5.74, 6) is 0.409. The van der Waals surface area contributed by atoms with Crippen LogP contribution in [0.2, 0.25) is 0 Å². The Kier molecular flexibility index (Phi) is 7.03. The number of benzene rings is 1. The van der Waals surface area contributed by atoms with Gasteiger partial charge in [0.05, 0.1) is 32.0 Å². The first-order valence-electron chi connectivity index (χ1n) is 6.77. The van der Waals surface area contributed by atoms with Gasteiger partial charge in [-0.2, -0.15) is 0 Å². The Labute approximate surface area is 123 Å². The van der Waals surface area contributed by atoms with E-state index in [2.05, 4.69) is 10.6 Å². The van der Waals surface area contributed by atoms with Gasteiger partial charge in [0.15, 0.2) is 0 Å². The van der Waals surface area contributed by atoms with Crippen LogP contribution in [0, 0.1) is 0 Å². The lowest BCUT2D eigenvalue weighted by atomic mass is 10.2. The largest absolute Gasteiger partial charge is 0.494 e. The van der Waals surface area contributed by atoms with Crippen LogP contribution in [0.15, 0.2) is 18.2 Å². The van der Waals surface area contributed by atoms with Crippen LogP contribution in [0.3, 0.4) is 0 Å². The second-order valence-corrected chi connectivity index (χ2v) is 4.05. The molecular weight excluding hydrogens is 274 g/mol. The summed E-state index contributed by atoms with van der Waals surface area (Å²) in [5, 5.41) is 5.07. The van der Waals surface area contributed by atoms with Gasteiger partial charge in [-0.1, -0.05) is 0 Å². The summed E-state index contributed by atoms with van der Waals surface area (Å²) < 4.78 is 10.8. The van der Waals surface area contributed by atoms with Gasteiger partial charge >= 0.3 is 0 Å². The van der Waals surface area contributed by atoms with Crippen molar-refractivity contribution >= 4 is 17.5 Å². The van der Waals surface area contributed by atoms with Crippen molar-refractivity contribution < 1.29 is 19.1 Å². The molecule has 0 saturated carbocycles. The second-order valence-electron chi connectivity index (χ2n) is 4.05. The van der Waals surface area contributed by atoms with Crippen LogP contribution >= 0.6 is 0 Å². The summed E-state index contributed by atoms with van der Waals surface area (Å²) in [7, 11) is 0. The molecule has 0 saturated heterocycles. The normalized spacial score (nSPS) is 9.86. The molecule has 0 aliphatic rings. The molecule has 7 nitrogen and oxygen atoms in total. The van der Waals surface area contributed by atoms with E-state index in [-0.39, 0.29) is 19.0 Å². The average molecular weight is 295 g/mol. The molecule has 0 atom stereocenters. The first kappa shape index (κ1) is 16.8. The fourth-order valence-electron chi connectivity index (χ4n) is 1.59. The number of carbonyl (C=O) groups is 2. The molecule has 1 rings (SSSR count). The Balaban J connectivity index is 2.75. The van der Waals surface area contributed by atoms with Crippen LogP contribution in [-0.2, 0) is 9.59 Å². The Morgan fingerprint density at radius 2 is 1.86 bits per heavy atom. The third kappa shape index (κ3) is 5.70. The summed E-state index contributed by atoms with van der Waals surface area (Å²) in [6.45, 7) is 4.41. The highest BCUT2D eigenvalue weighted by Gasteiger charge is 2.10. The Morgan fingerprint density at radius 3 is 2.48 bits per heavy atom. The summed E-state index contributed by atoms with van der Waals surface area (Å²) in [6, 6.07) is 5.17. The maximum Gasteiger partial charge on any atom is 0.243 e. The highest BCUT2D eigenvalue weighted by molar-refractivity contribution is 5.96. The van der Waals surface area contributed by atoms with E-state index in [1.54, 1.807) is 18.2 Å². The van der Waals surface area contributed by atoms with Gasteiger partial charge in [0.25, 0.3) is 0 Å². The van der Waals surface area contributed by atoms with Gasteiger partial charge in [0.2, 0.25) is 11.8 Å². The van der Waals surface area contributed by atoms with Gasteiger partial charge in [-0.05, 0) is 26.0 Å². The van der Waals surface area contributed by atoms with E-state index in [4.69, 9.17) is 15.2 Å². The van der Waals surface area contributed by atoms with Crippen LogP contribution < -0.4 is 25.8 Å². The number of nitrogens with two attached hydrogens (primary N) is 1. The highest BCUT2D eigenvalue weighted by atomic mass is 16.5. The van der Waals surface area contributed by atoms with Crippen LogP contribution in [0.1, 0.15) is 13.8 Å². The molecule has 116 valence electrons. The monoisotopic (exact) mass is 295 g/mol. The van der Waals surface area contributed by atoms with E-state index >= 15 is 0 Å². The van der Waals surface area contributed by atoms with E-state index in [1.807, 2.05) is 13.8 Å². The summed E-state index contributed by atoms with van der Waals surface area (Å²) in [4.78, 5) is 22.8. The lowest BCUT2D eigenvalue weighted by molar-refractivity contribution is -0.123. The zero-order chi connectivity index (χ0) is 15.7. The molecule has 7 heteroatoms. The Hall–Kier alpha value is -2.28. The number of hydrogen-bond donors (Lipinski definition) is 3. The van der Waals surface area contributed by atoms with Crippen LogP contribution in [0.5, 0.6) is 11.5 Å². The number of nitrogens with one attached hydrogen (secondary N) is 2. The minimum Gasteiger partial charge on any atom is -0.494 e. The minimum atomic E-state index is -0.391. The molecule has 21 heavy (non-hydrogen) atoms. The van der Waals surface area contributed by atoms with Gasteiger partial charge in [0.1, 0.15) is 11.5 Å². The quantitative estimate of drug-likeness (QED) is 0.648. The molecule has 0 aliphatic heterocycles. The van der Waals surface area contributed by atoms with Gasteiger partial charge in [0, 0.05) is 6.07 Å². The predicted molar refractivity (Wildman–Crippen MR) is 79.5 cm³/mol. The van der Waals surface area contributed by atoms with Crippen LogP contribution in [0.4, 0.5) is 5.69 Å². The highest BCUT2D eigenvalue weighted by Crippen LogP contribution is 2.29. The zero-order valence-electron chi connectivity index (χ0n) is 12.3. The van der Waals surface area contributed by atoms with Crippen molar-refractivity contribution in [2.24, 2.45) is 5.73 Å². The van der Waals surface area contributed by atoms with Crippen molar-refractivity contribution in [3.05, 3.63) is 18.2 Å². The Morgan fingerprint density at radius 1 is 1.14 bits per heavy atom. The lowest BCUT2D eigenvalue weighted by Gasteiger charge is -2.13. The molecule has 0 spiro atoms. The molecule has 2 amide bonds. The van der Waals surface area contributed by atoms with E-state index in [0.717, 1.165) is 0 Å². The van der Waals surface area contributed by atoms with Crippen molar-refractivity contribution in [2.45, 2.75) is 13.8 Å². The Bertz CT molecular complexity index is 491. The first-order chi connectivity index (χ1) is 10.1. The van der Waals surface area contributed by atoms with Gasteiger partial charge < -0.3 is 25.8 Å². The molecule has 1 aromatic carbocycles. The standard InChI is InChI=1S/C14H21N3O4/c1-3-20-10-5-6-12(21-4-2)11(7-10)17-14(19)9-16-13(18)8-15/h5-7H,3-4,8-9,15H2,1-2H3,(H,16,18)(H,17,19). The molecule has 1 aromatic rings. The zero-order valence-corrected chi connectivity index (χ0v) is 12.3. The predicted octanol–water partition coefficient (Wildman–Crippen LogP) is 0.497. The van der Waals surface area contributed by atoms with E-state index in [1.165, 1.54) is 0 Å². The van der Waals surface area contributed by atoms with Crippen molar-refractivity contribution in [3.8, 4) is 11.5 Å². The number of hydrogen-bond acceptors (Lipinski definition) is 5. The van der Waals surface area contributed by atoms with Gasteiger partial charge in [-0.25, -0.2) is 0 Å². The maximum absolute atomic E-state index is 11.8. The molecule has 0 radical (unpaired) electrons. The summed E-state index contributed by atoms with van der Waals surface area (Å²) in [5.41, 5.74) is 5.64. The molecule has 0 bridgehead atoms. The van der Waals surface area contributed by atoms with E-state index < -0.39 is 5.91 Å². The van der Waals surface area contributed by atoms with Gasteiger partial charge in [-0.3, -0.25) is 9.59 Å². The topological polar surface area (TPSA) is 103 Å². The molecule has 0 heterocycles. The SMILES string of the molecule is CCOc1ccc(OCC)c(NC(=O)CNC(=O)CN)c1. The third-order valence-corrected chi connectivity index (χ3v) is 2.47. The van der Waals surface area contributed by atoms with E-state index in [9.17, 15) is 9.59 Å². The minimum absolute atomic E-state index is 0.152.